The molecule has 0 aromatic heterocycles. The normalized spacial score (nSPS) is 16.0. The van der Waals surface area contributed by atoms with Crippen molar-refractivity contribution in [2.75, 3.05) is 0 Å². The third kappa shape index (κ3) is 7.21. The molecular weight excluding hydrogens is 320 g/mol. The molecule has 1 aliphatic rings. The molecule has 1 fully saturated rings. The summed E-state index contributed by atoms with van der Waals surface area (Å²) in [6.45, 7) is 9.25. The predicted molar refractivity (Wildman–Crippen MR) is 111 cm³/mol. The predicted octanol–water partition coefficient (Wildman–Crippen LogP) is 7.15. The van der Waals surface area contributed by atoms with E-state index in [0.717, 1.165) is 36.8 Å². The Labute approximate surface area is 161 Å². The molecule has 1 aromatic carbocycles. The molecule has 148 valence electrons. The molecular formula is C24H40O2. The lowest BCUT2D eigenvalue weighted by Crippen LogP contribution is -2.04. The highest BCUT2D eigenvalue weighted by molar-refractivity contribution is 5.48. The molecule has 0 saturated heterocycles. The molecule has 1 aromatic rings. The van der Waals surface area contributed by atoms with Crippen molar-refractivity contribution in [3.63, 3.8) is 0 Å². The van der Waals surface area contributed by atoms with E-state index in [0.29, 0.717) is 16.6 Å². The van der Waals surface area contributed by atoms with Crippen LogP contribution in [0.25, 0.3) is 0 Å². The Kier molecular flexibility index (Phi) is 7.43. The van der Waals surface area contributed by atoms with E-state index in [1.54, 1.807) is 6.07 Å². The summed E-state index contributed by atoms with van der Waals surface area (Å²) in [4.78, 5) is 0. The zero-order valence-corrected chi connectivity index (χ0v) is 17.5. The number of hydrogen-bond donors (Lipinski definition) is 2. The topological polar surface area (TPSA) is 40.5 Å². The number of rotatable bonds is 11. The van der Waals surface area contributed by atoms with Crippen molar-refractivity contribution in [2.24, 2.45) is 10.8 Å². The third-order valence-electron chi connectivity index (χ3n) is 6.03. The number of benzene rings is 1. The van der Waals surface area contributed by atoms with E-state index in [1.165, 1.54) is 51.4 Å². The average Bonchev–Trinajstić information content (AvgIpc) is 3.28. The van der Waals surface area contributed by atoms with Crippen LogP contribution in [0.3, 0.4) is 0 Å². The number of phenols is 2. The number of aromatic hydroxyl groups is 2. The number of unbranched alkanes of at least 4 members (excludes halogenated alkanes) is 4. The molecule has 2 rings (SSSR count). The zero-order valence-electron chi connectivity index (χ0n) is 17.5. The van der Waals surface area contributed by atoms with Gasteiger partial charge in [-0.1, -0.05) is 59.4 Å². The van der Waals surface area contributed by atoms with Gasteiger partial charge in [-0.25, -0.2) is 0 Å². The summed E-state index contributed by atoms with van der Waals surface area (Å²) in [6.07, 6.45) is 14.1. The lowest BCUT2D eigenvalue weighted by atomic mass is 9.89. The van der Waals surface area contributed by atoms with E-state index < -0.39 is 0 Å². The molecule has 0 atom stereocenters. The Morgan fingerprint density at radius 1 is 0.885 bits per heavy atom. The average molecular weight is 361 g/mol. The molecule has 0 amide bonds. The molecule has 2 heteroatoms. The fourth-order valence-electron chi connectivity index (χ4n) is 3.76. The largest absolute Gasteiger partial charge is 0.508 e. The van der Waals surface area contributed by atoms with Crippen LogP contribution in [0, 0.1) is 10.8 Å². The minimum atomic E-state index is 0.258. The fraction of sp³-hybridized carbons (Fsp3) is 0.750. The molecule has 2 N–H and O–H groups in total. The molecule has 0 aliphatic heterocycles. The Balaban J connectivity index is 1.75. The quantitative estimate of drug-likeness (QED) is 0.411. The van der Waals surface area contributed by atoms with Gasteiger partial charge in [0, 0.05) is 5.56 Å². The lowest BCUT2D eigenvalue weighted by molar-refractivity contribution is 0.357. The van der Waals surface area contributed by atoms with Gasteiger partial charge in [-0.05, 0) is 73.8 Å². The summed E-state index contributed by atoms with van der Waals surface area (Å²) in [7, 11) is 0. The van der Waals surface area contributed by atoms with Crippen LogP contribution in [0.2, 0.25) is 0 Å². The maximum Gasteiger partial charge on any atom is 0.125 e. The van der Waals surface area contributed by atoms with Gasteiger partial charge < -0.3 is 10.2 Å². The first kappa shape index (κ1) is 21.1. The van der Waals surface area contributed by atoms with Crippen molar-refractivity contribution in [1.82, 2.24) is 0 Å². The highest BCUT2D eigenvalue weighted by Gasteiger charge is 2.35. The smallest absolute Gasteiger partial charge is 0.125 e. The van der Waals surface area contributed by atoms with Crippen LogP contribution in [0.5, 0.6) is 11.5 Å². The van der Waals surface area contributed by atoms with Crippen LogP contribution in [0.1, 0.15) is 103 Å². The second-order valence-electron chi connectivity index (χ2n) is 10.1. The van der Waals surface area contributed by atoms with Crippen LogP contribution in [0.4, 0.5) is 0 Å². The zero-order chi connectivity index (χ0) is 19.2. The molecule has 0 bridgehead atoms. The first-order valence-electron chi connectivity index (χ1n) is 10.7. The summed E-state index contributed by atoms with van der Waals surface area (Å²) in [5.41, 5.74) is 2.80. The van der Waals surface area contributed by atoms with Crippen molar-refractivity contribution in [2.45, 2.75) is 105 Å². The molecule has 0 heterocycles. The number of aryl methyl sites for hydroxylation is 1. The second kappa shape index (κ2) is 9.15. The van der Waals surface area contributed by atoms with Crippen molar-refractivity contribution in [3.8, 4) is 11.5 Å². The van der Waals surface area contributed by atoms with Gasteiger partial charge in [0.15, 0.2) is 0 Å². The summed E-state index contributed by atoms with van der Waals surface area (Å²) >= 11 is 0. The van der Waals surface area contributed by atoms with E-state index in [2.05, 4.69) is 27.7 Å². The van der Waals surface area contributed by atoms with Crippen molar-refractivity contribution in [1.29, 1.82) is 0 Å². The minimum absolute atomic E-state index is 0.258. The first-order valence-corrected chi connectivity index (χ1v) is 10.7. The molecule has 2 nitrogen and oxygen atoms in total. The highest BCUT2D eigenvalue weighted by Crippen LogP contribution is 2.49. The second-order valence-corrected chi connectivity index (χ2v) is 10.1. The minimum Gasteiger partial charge on any atom is -0.508 e. The van der Waals surface area contributed by atoms with E-state index in [4.69, 9.17) is 0 Å². The summed E-state index contributed by atoms with van der Waals surface area (Å²) in [5, 5.41) is 20.7. The lowest BCUT2D eigenvalue weighted by Gasteiger charge is -2.17. The maximum atomic E-state index is 10.6. The highest BCUT2D eigenvalue weighted by atomic mass is 16.3. The SMILES string of the molecule is CC(C)(C)CCCCCc1ccc(O)c(CCCCCC2(C)CC2)c1O. The van der Waals surface area contributed by atoms with Crippen molar-refractivity contribution in [3.05, 3.63) is 23.3 Å². The molecule has 0 spiro atoms. The van der Waals surface area contributed by atoms with Gasteiger partial charge in [0.1, 0.15) is 11.5 Å². The van der Waals surface area contributed by atoms with Gasteiger partial charge >= 0.3 is 0 Å². The first-order chi connectivity index (χ1) is 12.2. The molecule has 1 saturated carbocycles. The number of phenolic OH excluding ortho intramolecular Hbond substituents is 2. The molecule has 0 unspecified atom stereocenters. The monoisotopic (exact) mass is 360 g/mol. The van der Waals surface area contributed by atoms with Crippen LogP contribution in [-0.4, -0.2) is 10.2 Å². The van der Waals surface area contributed by atoms with Crippen LogP contribution < -0.4 is 0 Å². The summed E-state index contributed by atoms with van der Waals surface area (Å²) < 4.78 is 0. The van der Waals surface area contributed by atoms with E-state index in [-0.39, 0.29) is 5.75 Å². The molecule has 26 heavy (non-hydrogen) atoms. The Morgan fingerprint density at radius 3 is 2.19 bits per heavy atom. The van der Waals surface area contributed by atoms with Crippen molar-refractivity contribution < 1.29 is 10.2 Å². The number of hydrogen-bond acceptors (Lipinski definition) is 2. The molecule has 0 radical (unpaired) electrons. The van der Waals surface area contributed by atoms with Crippen molar-refractivity contribution >= 4 is 0 Å². The van der Waals surface area contributed by atoms with Crippen LogP contribution in [0.15, 0.2) is 12.1 Å². The Hall–Kier alpha value is -1.18. The summed E-state index contributed by atoms with van der Waals surface area (Å²) in [6, 6.07) is 3.66. The summed E-state index contributed by atoms with van der Waals surface area (Å²) in [5.74, 6) is 0.600. The van der Waals surface area contributed by atoms with Crippen LogP contribution in [-0.2, 0) is 12.8 Å². The van der Waals surface area contributed by atoms with Gasteiger partial charge in [-0.2, -0.15) is 0 Å². The van der Waals surface area contributed by atoms with E-state index in [9.17, 15) is 10.2 Å². The molecule has 1 aliphatic carbocycles. The standard InChI is InChI=1S/C24H40O2/c1-23(2,3)15-9-5-7-11-19-13-14-21(25)20(22(19)26)12-8-6-10-16-24(4)17-18-24/h13-14,25-26H,5-12,15-18H2,1-4H3. The van der Waals surface area contributed by atoms with Crippen LogP contribution >= 0.6 is 0 Å². The van der Waals surface area contributed by atoms with Gasteiger partial charge in [-0.15, -0.1) is 0 Å². The Morgan fingerprint density at radius 2 is 1.54 bits per heavy atom. The fourth-order valence-corrected chi connectivity index (χ4v) is 3.76. The van der Waals surface area contributed by atoms with E-state index in [1.807, 2.05) is 6.07 Å². The van der Waals surface area contributed by atoms with Gasteiger partial charge in [0.25, 0.3) is 0 Å². The van der Waals surface area contributed by atoms with Gasteiger partial charge in [0.05, 0.1) is 0 Å². The third-order valence-corrected chi connectivity index (χ3v) is 6.03. The van der Waals surface area contributed by atoms with Gasteiger partial charge in [0.2, 0.25) is 0 Å². The maximum absolute atomic E-state index is 10.6. The van der Waals surface area contributed by atoms with E-state index >= 15 is 0 Å². The van der Waals surface area contributed by atoms with Gasteiger partial charge in [-0.3, -0.25) is 0 Å². The Bertz CT molecular complexity index is 564.